The summed E-state index contributed by atoms with van der Waals surface area (Å²) in [5.41, 5.74) is 2.31. The van der Waals surface area contributed by atoms with Gasteiger partial charge in [0.15, 0.2) is 0 Å². The van der Waals surface area contributed by atoms with Crippen LogP contribution in [0.3, 0.4) is 0 Å². The molecule has 18 heavy (non-hydrogen) atoms. The molecule has 1 heteroatoms. The van der Waals surface area contributed by atoms with Crippen molar-refractivity contribution in [1.29, 1.82) is 0 Å². The molecule has 0 saturated heterocycles. The molecule has 0 unspecified atom stereocenters. The molecule has 92 valence electrons. The largest absolute Gasteiger partial charge is 0.261 e. The summed E-state index contributed by atoms with van der Waals surface area (Å²) in [6.07, 6.45) is 7.58. The van der Waals surface area contributed by atoms with Crippen molar-refractivity contribution in [3.8, 4) is 0 Å². The summed E-state index contributed by atoms with van der Waals surface area (Å²) in [6.45, 7) is 7.28. The molecule has 2 rings (SSSR count). The number of pyridine rings is 1. The lowest BCUT2D eigenvalue weighted by Crippen LogP contribution is -1.85. The van der Waals surface area contributed by atoms with E-state index in [1.165, 1.54) is 5.56 Å². The Morgan fingerprint density at radius 1 is 0.944 bits per heavy atom. The van der Waals surface area contributed by atoms with E-state index < -0.39 is 0 Å². The fraction of sp³-hybridized carbons (Fsp3) is 0.118. The number of hydrogen-bond acceptors (Lipinski definition) is 1. The zero-order chi connectivity index (χ0) is 13.1. The van der Waals surface area contributed by atoms with Crippen LogP contribution in [0.25, 0.3) is 6.08 Å². The van der Waals surface area contributed by atoms with Crippen molar-refractivity contribution in [3.05, 3.63) is 85.2 Å². The molecule has 1 aromatic heterocycles. The smallest absolute Gasteiger partial charge is 0.0406 e. The van der Waals surface area contributed by atoms with E-state index in [1.807, 2.05) is 66.9 Å². The third kappa shape index (κ3) is 5.80. The van der Waals surface area contributed by atoms with Gasteiger partial charge in [-0.2, -0.15) is 0 Å². The number of nitrogens with zero attached hydrogens (tertiary/aromatic N) is 1. The highest BCUT2D eigenvalue weighted by Crippen LogP contribution is 1.98. The van der Waals surface area contributed by atoms with Gasteiger partial charge >= 0.3 is 0 Å². The quantitative estimate of drug-likeness (QED) is 0.712. The molecule has 0 bridgehead atoms. The minimum atomic E-state index is 1.00. The first-order chi connectivity index (χ1) is 8.86. The van der Waals surface area contributed by atoms with Gasteiger partial charge < -0.3 is 0 Å². The summed E-state index contributed by atoms with van der Waals surface area (Å²) < 4.78 is 0. The van der Waals surface area contributed by atoms with E-state index in [4.69, 9.17) is 0 Å². The molecular formula is C17H19N. The van der Waals surface area contributed by atoms with Crippen molar-refractivity contribution in [1.82, 2.24) is 4.98 Å². The second kappa shape index (κ2) is 8.94. The first-order valence-electron chi connectivity index (χ1n) is 6.05. The second-order valence-corrected chi connectivity index (χ2v) is 3.76. The molecule has 2 aromatic rings. The van der Waals surface area contributed by atoms with Crippen LogP contribution >= 0.6 is 0 Å². The standard InChI is InChI=1S/C9H11N.C8H8/c1-2-3-6-9-7-4-5-8-10-9;1-2-8-6-4-3-5-7-8/h2,4-5,7-8H,1,3,6H2;2-7H,1H2. The fourth-order valence-corrected chi connectivity index (χ4v) is 1.39. The van der Waals surface area contributed by atoms with Gasteiger partial charge in [0.2, 0.25) is 0 Å². The maximum absolute atomic E-state index is 4.17. The van der Waals surface area contributed by atoms with E-state index in [9.17, 15) is 0 Å². The Hall–Kier alpha value is -2.15. The van der Waals surface area contributed by atoms with Gasteiger partial charge in [0.25, 0.3) is 0 Å². The van der Waals surface area contributed by atoms with Gasteiger partial charge in [-0.25, -0.2) is 0 Å². The van der Waals surface area contributed by atoms with Gasteiger partial charge in [0, 0.05) is 11.9 Å². The summed E-state index contributed by atoms with van der Waals surface area (Å²) in [7, 11) is 0. The molecule has 0 radical (unpaired) electrons. The SMILES string of the molecule is C=CCCc1ccccn1.C=Cc1ccccc1. The zero-order valence-electron chi connectivity index (χ0n) is 10.6. The third-order valence-electron chi connectivity index (χ3n) is 2.37. The molecule has 0 aliphatic carbocycles. The predicted octanol–water partition coefficient (Wildman–Crippen LogP) is 4.53. The monoisotopic (exact) mass is 237 g/mol. The van der Waals surface area contributed by atoms with Crippen LogP contribution in [0.2, 0.25) is 0 Å². The van der Waals surface area contributed by atoms with E-state index in [0.717, 1.165) is 18.5 Å². The average Bonchev–Trinajstić information content (AvgIpc) is 2.48. The molecule has 1 aromatic carbocycles. The Bertz CT molecular complexity index is 446. The van der Waals surface area contributed by atoms with Crippen LogP contribution in [0, 0.1) is 0 Å². The molecular weight excluding hydrogens is 218 g/mol. The van der Waals surface area contributed by atoms with E-state index in [-0.39, 0.29) is 0 Å². The topological polar surface area (TPSA) is 12.9 Å². The van der Waals surface area contributed by atoms with Crippen LogP contribution in [0.4, 0.5) is 0 Å². The van der Waals surface area contributed by atoms with Crippen molar-refractivity contribution in [3.63, 3.8) is 0 Å². The van der Waals surface area contributed by atoms with Gasteiger partial charge in [-0.3, -0.25) is 4.98 Å². The van der Waals surface area contributed by atoms with Crippen molar-refractivity contribution in [2.75, 3.05) is 0 Å². The molecule has 0 aliphatic rings. The van der Waals surface area contributed by atoms with Gasteiger partial charge in [0.1, 0.15) is 0 Å². The Balaban J connectivity index is 0.000000184. The number of aromatic nitrogens is 1. The van der Waals surface area contributed by atoms with Crippen molar-refractivity contribution >= 4 is 6.08 Å². The first-order valence-corrected chi connectivity index (χ1v) is 6.05. The van der Waals surface area contributed by atoms with Crippen LogP contribution < -0.4 is 0 Å². The summed E-state index contributed by atoms with van der Waals surface area (Å²) in [6, 6.07) is 16.0. The van der Waals surface area contributed by atoms with E-state index in [0.29, 0.717) is 0 Å². The Kier molecular flexibility index (Phi) is 6.91. The van der Waals surface area contributed by atoms with Gasteiger partial charge in [-0.15, -0.1) is 6.58 Å². The molecule has 0 spiro atoms. The number of rotatable bonds is 4. The van der Waals surface area contributed by atoms with Crippen LogP contribution in [-0.2, 0) is 6.42 Å². The van der Waals surface area contributed by atoms with Crippen LogP contribution in [0.15, 0.2) is 74.0 Å². The highest BCUT2D eigenvalue weighted by atomic mass is 14.7. The van der Waals surface area contributed by atoms with Crippen molar-refractivity contribution in [2.45, 2.75) is 12.8 Å². The molecule has 0 fully saturated rings. The number of benzene rings is 1. The van der Waals surface area contributed by atoms with Crippen LogP contribution in [0.5, 0.6) is 0 Å². The average molecular weight is 237 g/mol. The minimum absolute atomic E-state index is 1.00. The first kappa shape index (κ1) is 13.9. The highest BCUT2D eigenvalue weighted by molar-refractivity contribution is 5.45. The lowest BCUT2D eigenvalue weighted by molar-refractivity contribution is 0.945. The second-order valence-electron chi connectivity index (χ2n) is 3.76. The van der Waals surface area contributed by atoms with Gasteiger partial charge in [-0.1, -0.05) is 55.1 Å². The van der Waals surface area contributed by atoms with E-state index >= 15 is 0 Å². The van der Waals surface area contributed by atoms with Crippen LogP contribution in [0.1, 0.15) is 17.7 Å². The summed E-state index contributed by atoms with van der Waals surface area (Å²) in [5, 5.41) is 0. The summed E-state index contributed by atoms with van der Waals surface area (Å²) in [5.74, 6) is 0. The molecule has 0 atom stereocenters. The number of aryl methyl sites for hydroxylation is 1. The molecule has 0 N–H and O–H groups in total. The summed E-state index contributed by atoms with van der Waals surface area (Å²) in [4.78, 5) is 4.17. The zero-order valence-corrected chi connectivity index (χ0v) is 10.6. The Labute approximate surface area is 110 Å². The maximum Gasteiger partial charge on any atom is 0.0406 e. The Morgan fingerprint density at radius 3 is 2.17 bits per heavy atom. The fourth-order valence-electron chi connectivity index (χ4n) is 1.39. The minimum Gasteiger partial charge on any atom is -0.261 e. The number of hydrogen-bond donors (Lipinski definition) is 0. The van der Waals surface area contributed by atoms with Crippen molar-refractivity contribution < 1.29 is 0 Å². The maximum atomic E-state index is 4.17. The molecule has 0 saturated carbocycles. The molecule has 1 nitrogen and oxygen atoms in total. The van der Waals surface area contributed by atoms with Gasteiger partial charge in [-0.05, 0) is 30.5 Å². The lowest BCUT2D eigenvalue weighted by Gasteiger charge is -1.93. The van der Waals surface area contributed by atoms with E-state index in [2.05, 4.69) is 18.1 Å². The summed E-state index contributed by atoms with van der Waals surface area (Å²) >= 11 is 0. The molecule has 0 aliphatic heterocycles. The molecule has 0 amide bonds. The predicted molar refractivity (Wildman–Crippen MR) is 79.3 cm³/mol. The van der Waals surface area contributed by atoms with Crippen LogP contribution in [-0.4, -0.2) is 4.98 Å². The normalized spacial score (nSPS) is 8.89. The Morgan fingerprint density at radius 2 is 1.67 bits per heavy atom. The third-order valence-corrected chi connectivity index (χ3v) is 2.37. The lowest BCUT2D eigenvalue weighted by atomic mass is 10.2. The molecule has 1 heterocycles. The van der Waals surface area contributed by atoms with Gasteiger partial charge in [0.05, 0.1) is 0 Å². The highest BCUT2D eigenvalue weighted by Gasteiger charge is 1.87. The van der Waals surface area contributed by atoms with Crippen molar-refractivity contribution in [2.24, 2.45) is 0 Å². The number of allylic oxidation sites excluding steroid dienone is 1. The van der Waals surface area contributed by atoms with E-state index in [1.54, 1.807) is 0 Å².